The van der Waals surface area contributed by atoms with Crippen molar-refractivity contribution in [1.29, 1.82) is 0 Å². The predicted octanol–water partition coefficient (Wildman–Crippen LogP) is 4.94. The van der Waals surface area contributed by atoms with E-state index < -0.39 is 11.3 Å². The van der Waals surface area contributed by atoms with Crippen LogP contribution in [-0.2, 0) is 0 Å². The number of rotatable bonds is 5. The van der Waals surface area contributed by atoms with Crippen molar-refractivity contribution in [3.8, 4) is 5.75 Å². The van der Waals surface area contributed by atoms with E-state index in [9.17, 15) is 8.78 Å². The van der Waals surface area contributed by atoms with Crippen LogP contribution in [0.25, 0.3) is 0 Å². The van der Waals surface area contributed by atoms with E-state index in [-0.39, 0.29) is 0 Å². The predicted molar refractivity (Wildman–Crippen MR) is 67.6 cm³/mol. The monoisotopic (exact) mass is 356 g/mol. The highest BCUT2D eigenvalue weighted by molar-refractivity contribution is 9.10. The van der Waals surface area contributed by atoms with Gasteiger partial charge in [-0.15, -0.1) is 0 Å². The molecule has 0 saturated heterocycles. The van der Waals surface area contributed by atoms with E-state index in [0.29, 0.717) is 22.4 Å². The Kier molecular flexibility index (Phi) is 5.69. The van der Waals surface area contributed by atoms with Crippen LogP contribution in [0, 0.1) is 0 Å². The van der Waals surface area contributed by atoms with Crippen molar-refractivity contribution in [3.05, 3.63) is 28.2 Å². The smallest absolute Gasteiger partial charge is 0.255 e. The van der Waals surface area contributed by atoms with Crippen molar-refractivity contribution in [2.24, 2.45) is 0 Å². The summed E-state index contributed by atoms with van der Waals surface area (Å²) in [5.74, 6) is 0.680. The van der Waals surface area contributed by atoms with Crippen LogP contribution in [0.5, 0.6) is 5.75 Å². The van der Waals surface area contributed by atoms with Gasteiger partial charge in [0.1, 0.15) is 10.6 Å². The third kappa shape index (κ3) is 3.70. The first-order chi connectivity index (χ1) is 7.56. The molecule has 1 aromatic rings. The molecule has 16 heavy (non-hydrogen) atoms. The molecule has 5 heteroatoms. The molecule has 0 amide bonds. The molecule has 1 aromatic carbocycles. The Labute approximate surface area is 110 Å². The van der Waals surface area contributed by atoms with E-state index in [1.165, 1.54) is 0 Å². The summed E-state index contributed by atoms with van der Waals surface area (Å²) in [6.45, 7) is 2.62. The first-order valence-electron chi connectivity index (χ1n) is 4.90. The summed E-state index contributed by atoms with van der Waals surface area (Å²) in [7, 11) is 0. The minimum Gasteiger partial charge on any atom is -0.492 e. The van der Waals surface area contributed by atoms with Gasteiger partial charge in [0, 0.05) is 0 Å². The molecule has 0 bridgehead atoms. The quantitative estimate of drug-likeness (QED) is 0.678. The molecule has 0 saturated carbocycles. The van der Waals surface area contributed by atoms with Crippen LogP contribution in [0.4, 0.5) is 8.78 Å². The van der Waals surface area contributed by atoms with E-state index >= 15 is 0 Å². The summed E-state index contributed by atoms with van der Waals surface area (Å²) in [6, 6.07) is 4.99. The fraction of sp³-hybridized carbons (Fsp3) is 0.455. The second kappa shape index (κ2) is 6.55. The summed E-state index contributed by atoms with van der Waals surface area (Å²) in [6.07, 6.45) is -1.51. The summed E-state index contributed by atoms with van der Waals surface area (Å²) in [4.78, 5) is -0.941. The SMILES string of the molecule is CCCOc1ccc(C(Br)C(F)F)cc1Br. The molecule has 0 radical (unpaired) electrons. The third-order valence-electron chi connectivity index (χ3n) is 1.96. The molecule has 0 aromatic heterocycles. The van der Waals surface area contributed by atoms with Crippen molar-refractivity contribution in [1.82, 2.24) is 0 Å². The molecule has 1 unspecified atom stereocenters. The van der Waals surface area contributed by atoms with Gasteiger partial charge in [-0.05, 0) is 40.0 Å². The van der Waals surface area contributed by atoms with Gasteiger partial charge in [-0.3, -0.25) is 0 Å². The van der Waals surface area contributed by atoms with Gasteiger partial charge in [0.05, 0.1) is 11.1 Å². The topological polar surface area (TPSA) is 9.23 Å². The molecule has 1 atom stereocenters. The average molecular weight is 358 g/mol. The molecule has 0 N–H and O–H groups in total. The maximum Gasteiger partial charge on any atom is 0.255 e. The average Bonchev–Trinajstić information content (AvgIpc) is 2.26. The van der Waals surface area contributed by atoms with Crippen LogP contribution in [0.1, 0.15) is 23.7 Å². The van der Waals surface area contributed by atoms with Crippen molar-refractivity contribution < 1.29 is 13.5 Å². The normalized spacial score (nSPS) is 12.9. The Balaban J connectivity index is 2.82. The number of hydrogen-bond donors (Lipinski definition) is 0. The summed E-state index contributed by atoms with van der Waals surface area (Å²) in [5, 5.41) is 0. The van der Waals surface area contributed by atoms with Crippen LogP contribution < -0.4 is 4.74 Å². The van der Waals surface area contributed by atoms with Gasteiger partial charge in [-0.25, -0.2) is 8.78 Å². The molecular weight excluding hydrogens is 346 g/mol. The zero-order chi connectivity index (χ0) is 12.1. The molecule has 0 aliphatic heterocycles. The Morgan fingerprint density at radius 3 is 2.56 bits per heavy atom. The maximum absolute atomic E-state index is 12.5. The second-order valence-electron chi connectivity index (χ2n) is 3.27. The van der Waals surface area contributed by atoms with Crippen LogP contribution in [0.15, 0.2) is 22.7 Å². The molecule has 1 nitrogen and oxygen atoms in total. The minimum absolute atomic E-state index is 0.533. The van der Waals surface area contributed by atoms with E-state index in [4.69, 9.17) is 4.74 Å². The fourth-order valence-corrected chi connectivity index (χ4v) is 1.96. The number of hydrogen-bond acceptors (Lipinski definition) is 1. The van der Waals surface area contributed by atoms with Gasteiger partial charge in [-0.2, -0.15) is 0 Å². The van der Waals surface area contributed by atoms with Crippen molar-refractivity contribution in [2.45, 2.75) is 24.6 Å². The highest BCUT2D eigenvalue weighted by Gasteiger charge is 2.19. The first kappa shape index (κ1) is 13.9. The Morgan fingerprint density at radius 2 is 2.06 bits per heavy atom. The lowest BCUT2D eigenvalue weighted by molar-refractivity contribution is 0.147. The van der Waals surface area contributed by atoms with Gasteiger partial charge in [-0.1, -0.05) is 28.9 Å². The van der Waals surface area contributed by atoms with Gasteiger partial charge < -0.3 is 4.74 Å². The van der Waals surface area contributed by atoms with Gasteiger partial charge >= 0.3 is 0 Å². The molecule has 0 aliphatic rings. The molecule has 0 aliphatic carbocycles. The Morgan fingerprint density at radius 1 is 1.38 bits per heavy atom. The van der Waals surface area contributed by atoms with E-state index in [1.54, 1.807) is 18.2 Å². The Hall–Kier alpha value is -0.160. The van der Waals surface area contributed by atoms with Crippen LogP contribution >= 0.6 is 31.9 Å². The van der Waals surface area contributed by atoms with Crippen LogP contribution in [-0.4, -0.2) is 13.0 Å². The second-order valence-corrected chi connectivity index (χ2v) is 5.12. The summed E-state index contributed by atoms with van der Waals surface area (Å²) < 4.78 is 31.0. The van der Waals surface area contributed by atoms with Gasteiger partial charge in [0.2, 0.25) is 0 Å². The van der Waals surface area contributed by atoms with Crippen molar-refractivity contribution >= 4 is 31.9 Å². The molecule has 0 spiro atoms. The summed E-state index contributed by atoms with van der Waals surface area (Å²) in [5.41, 5.74) is 0.533. The lowest BCUT2D eigenvalue weighted by Gasteiger charge is -2.12. The summed E-state index contributed by atoms with van der Waals surface area (Å²) >= 11 is 6.25. The van der Waals surface area contributed by atoms with E-state index in [0.717, 1.165) is 6.42 Å². The lowest BCUT2D eigenvalue weighted by Crippen LogP contribution is -2.02. The van der Waals surface area contributed by atoms with Crippen LogP contribution in [0.2, 0.25) is 0 Å². The number of halogens is 4. The highest BCUT2D eigenvalue weighted by Crippen LogP contribution is 2.34. The maximum atomic E-state index is 12.5. The van der Waals surface area contributed by atoms with Crippen molar-refractivity contribution in [3.63, 3.8) is 0 Å². The van der Waals surface area contributed by atoms with Gasteiger partial charge in [0.25, 0.3) is 6.43 Å². The largest absolute Gasteiger partial charge is 0.492 e. The Bertz CT molecular complexity index is 345. The first-order valence-corrected chi connectivity index (χ1v) is 6.61. The molecule has 0 heterocycles. The number of alkyl halides is 3. The zero-order valence-electron chi connectivity index (χ0n) is 8.72. The van der Waals surface area contributed by atoms with E-state index in [2.05, 4.69) is 31.9 Å². The molecule has 1 rings (SSSR count). The number of ether oxygens (including phenoxy) is 1. The minimum atomic E-state index is -2.42. The molecule has 90 valence electrons. The van der Waals surface area contributed by atoms with E-state index in [1.807, 2.05) is 6.92 Å². The number of benzene rings is 1. The third-order valence-corrected chi connectivity index (χ3v) is 3.51. The standard InChI is InChI=1S/C11H12Br2F2O/c1-2-5-16-9-4-3-7(6-8(9)12)10(13)11(14)15/h3-4,6,10-11H,2,5H2,1H3. The molecular formula is C11H12Br2F2O. The highest BCUT2D eigenvalue weighted by atomic mass is 79.9. The lowest BCUT2D eigenvalue weighted by atomic mass is 10.1. The van der Waals surface area contributed by atoms with Crippen LogP contribution in [0.3, 0.4) is 0 Å². The van der Waals surface area contributed by atoms with Gasteiger partial charge in [0.15, 0.2) is 0 Å². The molecule has 0 fully saturated rings. The fourth-order valence-electron chi connectivity index (χ4n) is 1.16. The zero-order valence-corrected chi connectivity index (χ0v) is 11.9. The van der Waals surface area contributed by atoms with Crippen molar-refractivity contribution in [2.75, 3.05) is 6.61 Å².